The molecule has 0 aliphatic carbocycles. The Morgan fingerprint density at radius 1 is 0.897 bits per heavy atom. The highest BCUT2D eigenvalue weighted by molar-refractivity contribution is 7.21. The first-order valence-corrected chi connectivity index (χ1v) is 10.3. The summed E-state index contributed by atoms with van der Waals surface area (Å²) in [6.45, 7) is 2.09. The third-order valence-electron chi connectivity index (χ3n) is 4.97. The number of aryl methyl sites for hydroxylation is 1. The molecule has 4 heteroatoms. The number of rotatable bonds is 3. The van der Waals surface area contributed by atoms with Crippen molar-refractivity contribution in [2.45, 2.75) is 6.92 Å². The molecule has 0 aliphatic rings. The van der Waals surface area contributed by atoms with Gasteiger partial charge in [-0.05, 0) is 65.7 Å². The van der Waals surface area contributed by atoms with Gasteiger partial charge in [-0.2, -0.15) is 0 Å². The second kappa shape index (κ2) is 7.15. The summed E-state index contributed by atoms with van der Waals surface area (Å²) >= 11 is 1.68. The van der Waals surface area contributed by atoms with Crippen LogP contribution in [0.4, 0.5) is 5.69 Å². The van der Waals surface area contributed by atoms with E-state index in [0.717, 1.165) is 32.5 Å². The Morgan fingerprint density at radius 3 is 2.55 bits per heavy atom. The summed E-state index contributed by atoms with van der Waals surface area (Å²) in [6, 6.07) is 27.9. The molecule has 0 fully saturated rings. The largest absolute Gasteiger partial charge is 0.322 e. The summed E-state index contributed by atoms with van der Waals surface area (Å²) in [4.78, 5) is 17.5. The van der Waals surface area contributed by atoms with Crippen LogP contribution in [-0.2, 0) is 0 Å². The first kappa shape index (κ1) is 17.6. The topological polar surface area (TPSA) is 42.0 Å². The van der Waals surface area contributed by atoms with Gasteiger partial charge >= 0.3 is 0 Å². The highest BCUT2D eigenvalue weighted by Crippen LogP contribution is 2.31. The van der Waals surface area contributed by atoms with Gasteiger partial charge in [0.2, 0.25) is 0 Å². The molecule has 1 amide bonds. The van der Waals surface area contributed by atoms with Crippen LogP contribution in [0.15, 0.2) is 84.9 Å². The molecule has 0 spiro atoms. The molecule has 0 unspecified atom stereocenters. The van der Waals surface area contributed by atoms with Crippen molar-refractivity contribution in [3.63, 3.8) is 0 Å². The molecule has 140 valence electrons. The third-order valence-corrected chi connectivity index (χ3v) is 6.04. The number of benzene rings is 4. The average molecular weight is 394 g/mol. The molecule has 1 N–H and O–H groups in total. The molecule has 1 heterocycles. The van der Waals surface area contributed by atoms with Crippen LogP contribution in [0.5, 0.6) is 0 Å². The number of nitrogens with zero attached hydrogens (tertiary/aromatic N) is 1. The normalized spacial score (nSPS) is 11.1. The Bertz CT molecular complexity index is 1350. The summed E-state index contributed by atoms with van der Waals surface area (Å²) in [5.74, 6) is -0.106. The van der Waals surface area contributed by atoms with Crippen LogP contribution in [0, 0.1) is 6.92 Å². The maximum atomic E-state index is 12.8. The highest BCUT2D eigenvalue weighted by Gasteiger charge is 2.11. The molecule has 0 atom stereocenters. The summed E-state index contributed by atoms with van der Waals surface area (Å²) < 4.78 is 1.19. The van der Waals surface area contributed by atoms with E-state index in [1.54, 1.807) is 11.3 Å². The van der Waals surface area contributed by atoms with Gasteiger partial charge in [-0.25, -0.2) is 4.98 Å². The van der Waals surface area contributed by atoms with Gasteiger partial charge in [-0.1, -0.05) is 42.5 Å². The Labute approximate surface area is 172 Å². The lowest BCUT2D eigenvalue weighted by molar-refractivity contribution is 0.102. The van der Waals surface area contributed by atoms with Gasteiger partial charge in [0, 0.05) is 16.8 Å². The van der Waals surface area contributed by atoms with E-state index in [1.165, 1.54) is 10.3 Å². The van der Waals surface area contributed by atoms with Crippen molar-refractivity contribution >= 4 is 43.9 Å². The van der Waals surface area contributed by atoms with Gasteiger partial charge in [-0.3, -0.25) is 4.79 Å². The van der Waals surface area contributed by atoms with Crippen LogP contribution in [0.1, 0.15) is 15.9 Å². The maximum absolute atomic E-state index is 12.8. The van der Waals surface area contributed by atoms with E-state index < -0.39 is 0 Å². The van der Waals surface area contributed by atoms with Crippen molar-refractivity contribution in [2.24, 2.45) is 0 Å². The zero-order valence-corrected chi connectivity index (χ0v) is 16.7. The minimum absolute atomic E-state index is 0.106. The van der Waals surface area contributed by atoms with E-state index >= 15 is 0 Å². The highest BCUT2D eigenvalue weighted by atomic mass is 32.1. The molecule has 5 rings (SSSR count). The molecule has 0 bridgehead atoms. The summed E-state index contributed by atoms with van der Waals surface area (Å²) in [6.07, 6.45) is 0. The summed E-state index contributed by atoms with van der Waals surface area (Å²) in [7, 11) is 0. The number of carbonyl (C=O) groups excluding carboxylic acids is 1. The van der Waals surface area contributed by atoms with Crippen molar-refractivity contribution in [1.82, 2.24) is 4.98 Å². The lowest BCUT2D eigenvalue weighted by Gasteiger charge is -2.08. The number of thiazole rings is 1. The molecule has 0 saturated carbocycles. The molecule has 29 heavy (non-hydrogen) atoms. The van der Waals surface area contributed by atoms with E-state index in [-0.39, 0.29) is 5.91 Å². The van der Waals surface area contributed by atoms with E-state index in [9.17, 15) is 4.79 Å². The Kier molecular flexibility index (Phi) is 4.34. The zero-order chi connectivity index (χ0) is 19.8. The number of fused-ring (bicyclic) bond motifs is 2. The Balaban J connectivity index is 1.40. The standard InChI is InChI=1S/C25H18N2OS/c1-16-9-14-22-23(15-16)29-25(27-22)18-10-12-19(13-11-18)26-24(28)21-8-4-6-17-5-2-3-7-20(17)21/h2-15H,1H3,(H,26,28). The average Bonchev–Trinajstić information content (AvgIpc) is 3.17. The van der Waals surface area contributed by atoms with Crippen LogP contribution < -0.4 is 5.32 Å². The van der Waals surface area contributed by atoms with Gasteiger partial charge in [0.25, 0.3) is 5.91 Å². The Hall–Kier alpha value is -3.50. The summed E-state index contributed by atoms with van der Waals surface area (Å²) in [5.41, 5.74) is 4.74. The number of amides is 1. The number of anilines is 1. The number of hydrogen-bond acceptors (Lipinski definition) is 3. The van der Waals surface area contributed by atoms with Crippen molar-refractivity contribution in [2.75, 3.05) is 5.32 Å². The van der Waals surface area contributed by atoms with Gasteiger partial charge in [0.15, 0.2) is 0 Å². The molecular formula is C25H18N2OS. The SMILES string of the molecule is Cc1ccc2nc(-c3ccc(NC(=O)c4cccc5ccccc45)cc3)sc2c1. The number of carbonyl (C=O) groups is 1. The number of hydrogen-bond donors (Lipinski definition) is 1. The Morgan fingerprint density at radius 2 is 1.69 bits per heavy atom. The third kappa shape index (κ3) is 3.39. The lowest BCUT2D eigenvalue weighted by Crippen LogP contribution is -2.12. The first-order chi connectivity index (χ1) is 14.2. The first-order valence-electron chi connectivity index (χ1n) is 9.44. The van der Waals surface area contributed by atoms with Crippen LogP contribution in [0.25, 0.3) is 31.6 Å². The molecule has 0 radical (unpaired) electrons. The van der Waals surface area contributed by atoms with Gasteiger partial charge in [0.1, 0.15) is 5.01 Å². The van der Waals surface area contributed by atoms with Crippen LogP contribution in [-0.4, -0.2) is 10.9 Å². The lowest BCUT2D eigenvalue weighted by atomic mass is 10.0. The monoisotopic (exact) mass is 394 g/mol. The van der Waals surface area contributed by atoms with Gasteiger partial charge in [-0.15, -0.1) is 11.3 Å². The van der Waals surface area contributed by atoms with E-state index in [1.807, 2.05) is 66.7 Å². The smallest absolute Gasteiger partial charge is 0.256 e. The number of aromatic nitrogens is 1. The quantitative estimate of drug-likeness (QED) is 0.371. The number of nitrogens with one attached hydrogen (secondary N) is 1. The van der Waals surface area contributed by atoms with E-state index in [0.29, 0.717) is 5.56 Å². The minimum atomic E-state index is -0.106. The van der Waals surface area contributed by atoms with Crippen molar-refractivity contribution < 1.29 is 4.79 Å². The zero-order valence-electron chi connectivity index (χ0n) is 15.8. The van der Waals surface area contributed by atoms with Crippen molar-refractivity contribution in [1.29, 1.82) is 0 Å². The van der Waals surface area contributed by atoms with E-state index in [2.05, 4.69) is 30.4 Å². The van der Waals surface area contributed by atoms with Crippen LogP contribution >= 0.6 is 11.3 Å². The van der Waals surface area contributed by atoms with Gasteiger partial charge < -0.3 is 5.32 Å². The molecule has 5 aromatic rings. The maximum Gasteiger partial charge on any atom is 0.256 e. The minimum Gasteiger partial charge on any atom is -0.322 e. The fourth-order valence-electron chi connectivity index (χ4n) is 3.47. The molecule has 4 aromatic carbocycles. The fourth-order valence-corrected chi connectivity index (χ4v) is 4.54. The summed E-state index contributed by atoms with van der Waals surface area (Å²) in [5, 5.41) is 6.00. The second-order valence-corrected chi connectivity index (χ2v) is 8.08. The van der Waals surface area contributed by atoms with Crippen LogP contribution in [0.3, 0.4) is 0 Å². The van der Waals surface area contributed by atoms with E-state index in [4.69, 9.17) is 4.98 Å². The second-order valence-electron chi connectivity index (χ2n) is 7.05. The molecule has 0 aliphatic heterocycles. The van der Waals surface area contributed by atoms with Gasteiger partial charge in [0.05, 0.1) is 10.2 Å². The molecule has 3 nitrogen and oxygen atoms in total. The molecular weight excluding hydrogens is 376 g/mol. The van der Waals surface area contributed by atoms with Crippen LogP contribution in [0.2, 0.25) is 0 Å². The fraction of sp³-hybridized carbons (Fsp3) is 0.0400. The molecule has 1 aromatic heterocycles. The molecule has 0 saturated heterocycles. The van der Waals surface area contributed by atoms with Crippen molar-refractivity contribution in [3.8, 4) is 10.6 Å². The predicted molar refractivity (Wildman–Crippen MR) is 122 cm³/mol. The predicted octanol–water partition coefficient (Wildman–Crippen LogP) is 6.68. The van der Waals surface area contributed by atoms with Crippen molar-refractivity contribution in [3.05, 3.63) is 96.1 Å².